The van der Waals surface area contributed by atoms with E-state index < -0.39 is 10.0 Å². The largest absolute Gasteiger partial charge is 0.411 e. The number of aromatic nitrogens is 2. The Morgan fingerprint density at radius 3 is 2.44 bits per heavy atom. The highest BCUT2D eigenvalue weighted by Gasteiger charge is 2.30. The number of nitrogens with zero attached hydrogens (tertiary/aromatic N) is 4. The first kappa shape index (κ1) is 18.6. The van der Waals surface area contributed by atoms with Gasteiger partial charge in [0.25, 0.3) is 5.89 Å². The lowest BCUT2D eigenvalue weighted by Crippen LogP contribution is -2.35. The predicted molar refractivity (Wildman–Crippen MR) is 100 cm³/mol. The smallest absolute Gasteiger partial charge is 0.311 e. The topological polar surface area (TPSA) is 96.6 Å². The Bertz CT molecular complexity index is 938. The molecule has 0 spiro atoms. The van der Waals surface area contributed by atoms with Crippen LogP contribution in [-0.2, 0) is 10.0 Å². The number of sulfonamides is 1. The van der Waals surface area contributed by atoms with Crippen LogP contribution in [0.2, 0.25) is 0 Å². The first-order valence-corrected chi connectivity index (χ1v) is 11.5. The number of hydrogen-bond donors (Lipinski definition) is 0. The molecular formula is C17H22N4O4S2. The molecule has 2 saturated heterocycles. The molecule has 0 N–H and O–H groups in total. The van der Waals surface area contributed by atoms with Crippen molar-refractivity contribution >= 4 is 27.3 Å². The van der Waals surface area contributed by atoms with Gasteiger partial charge < -0.3 is 9.32 Å². The summed E-state index contributed by atoms with van der Waals surface area (Å²) in [4.78, 5) is 15.6. The van der Waals surface area contributed by atoms with Crippen LogP contribution in [0.3, 0.4) is 0 Å². The summed E-state index contributed by atoms with van der Waals surface area (Å²) in [6.45, 7) is 4.29. The lowest BCUT2D eigenvalue weighted by Gasteiger charge is -2.25. The van der Waals surface area contributed by atoms with Crippen molar-refractivity contribution in [3.63, 3.8) is 0 Å². The molecule has 1 amide bonds. The number of thiophene rings is 1. The summed E-state index contributed by atoms with van der Waals surface area (Å²) in [7, 11) is -3.52. The summed E-state index contributed by atoms with van der Waals surface area (Å²) in [5, 5.41) is 7.83. The molecule has 2 aliphatic rings. The van der Waals surface area contributed by atoms with Crippen LogP contribution in [0.25, 0.3) is 10.8 Å². The number of carbonyl (C=O) groups is 1. The molecule has 2 aromatic heterocycles. The SMILES string of the molecule is Cc1sc(-c2nnc(C(=O)N3CCCC3)o2)cc1S(=O)(=O)N1CCCCC1. The van der Waals surface area contributed by atoms with Crippen molar-refractivity contribution in [1.82, 2.24) is 19.4 Å². The van der Waals surface area contributed by atoms with Crippen LogP contribution >= 0.6 is 11.3 Å². The zero-order chi connectivity index (χ0) is 19.0. The Labute approximate surface area is 162 Å². The van der Waals surface area contributed by atoms with Gasteiger partial charge >= 0.3 is 11.8 Å². The average molecular weight is 411 g/mol. The third-order valence-electron chi connectivity index (χ3n) is 5.02. The fraction of sp³-hybridized carbons (Fsp3) is 0.588. The van der Waals surface area contributed by atoms with E-state index in [2.05, 4.69) is 10.2 Å². The lowest BCUT2D eigenvalue weighted by atomic mass is 10.2. The van der Waals surface area contributed by atoms with Gasteiger partial charge in [0.05, 0.1) is 9.77 Å². The summed E-state index contributed by atoms with van der Waals surface area (Å²) in [5.74, 6) is -0.121. The quantitative estimate of drug-likeness (QED) is 0.768. The summed E-state index contributed by atoms with van der Waals surface area (Å²) in [5.41, 5.74) is 0. The molecule has 0 radical (unpaired) electrons. The van der Waals surface area contributed by atoms with Crippen LogP contribution in [-0.4, -0.2) is 59.9 Å². The van der Waals surface area contributed by atoms with E-state index in [0.29, 0.717) is 35.9 Å². The average Bonchev–Trinajstić information content (AvgIpc) is 3.42. The fourth-order valence-corrected chi connectivity index (χ4v) is 6.53. The second-order valence-corrected chi connectivity index (χ2v) is 10.1. The number of piperidine rings is 1. The second-order valence-electron chi connectivity index (χ2n) is 6.91. The van der Waals surface area contributed by atoms with E-state index in [-0.39, 0.29) is 22.6 Å². The highest BCUT2D eigenvalue weighted by atomic mass is 32.2. The molecule has 27 heavy (non-hydrogen) atoms. The van der Waals surface area contributed by atoms with Gasteiger partial charge in [-0.3, -0.25) is 4.79 Å². The van der Waals surface area contributed by atoms with E-state index in [1.165, 1.54) is 11.3 Å². The molecule has 2 fully saturated rings. The van der Waals surface area contributed by atoms with Crippen molar-refractivity contribution < 1.29 is 17.6 Å². The Hall–Kier alpha value is -1.78. The standard InChI is InChI=1S/C17H22N4O4S2/c1-12-14(27(23,24)21-9-3-2-4-10-21)11-13(26-12)15-18-19-16(25-15)17(22)20-7-5-6-8-20/h11H,2-10H2,1H3. The maximum Gasteiger partial charge on any atom is 0.311 e. The molecular weight excluding hydrogens is 388 g/mol. The van der Waals surface area contributed by atoms with Gasteiger partial charge in [0, 0.05) is 31.1 Å². The van der Waals surface area contributed by atoms with Gasteiger partial charge in [-0.2, -0.15) is 4.31 Å². The number of likely N-dealkylation sites (tertiary alicyclic amines) is 1. The van der Waals surface area contributed by atoms with Crippen LogP contribution in [0, 0.1) is 6.92 Å². The zero-order valence-electron chi connectivity index (χ0n) is 15.2. The van der Waals surface area contributed by atoms with E-state index >= 15 is 0 Å². The third kappa shape index (κ3) is 3.53. The molecule has 2 aromatic rings. The molecule has 4 rings (SSSR count). The van der Waals surface area contributed by atoms with Crippen molar-refractivity contribution in [2.75, 3.05) is 26.2 Å². The molecule has 0 aliphatic carbocycles. The highest BCUT2D eigenvalue weighted by Crippen LogP contribution is 2.35. The number of carbonyl (C=O) groups excluding carboxylic acids is 1. The molecule has 2 aliphatic heterocycles. The fourth-order valence-electron chi connectivity index (χ4n) is 3.54. The van der Waals surface area contributed by atoms with Gasteiger partial charge in [0.2, 0.25) is 10.0 Å². The van der Waals surface area contributed by atoms with Crippen molar-refractivity contribution in [2.45, 2.75) is 43.9 Å². The van der Waals surface area contributed by atoms with Crippen LogP contribution in [0.15, 0.2) is 15.4 Å². The van der Waals surface area contributed by atoms with E-state index in [4.69, 9.17) is 4.42 Å². The van der Waals surface area contributed by atoms with E-state index in [9.17, 15) is 13.2 Å². The Kier molecular flexibility index (Phi) is 5.04. The molecule has 0 saturated carbocycles. The van der Waals surface area contributed by atoms with Gasteiger partial charge in [-0.25, -0.2) is 8.42 Å². The first-order valence-electron chi connectivity index (χ1n) is 9.20. The van der Waals surface area contributed by atoms with Gasteiger partial charge in [-0.05, 0) is 38.7 Å². The molecule has 0 aromatic carbocycles. The molecule has 0 bridgehead atoms. The lowest BCUT2D eigenvalue weighted by molar-refractivity contribution is 0.0754. The maximum absolute atomic E-state index is 12.9. The van der Waals surface area contributed by atoms with Gasteiger partial charge in [-0.1, -0.05) is 6.42 Å². The van der Waals surface area contributed by atoms with Crippen molar-refractivity contribution in [3.05, 3.63) is 16.8 Å². The molecule has 146 valence electrons. The minimum Gasteiger partial charge on any atom is -0.411 e. The zero-order valence-corrected chi connectivity index (χ0v) is 16.8. The molecule has 0 unspecified atom stereocenters. The summed E-state index contributed by atoms with van der Waals surface area (Å²) in [6, 6.07) is 1.58. The van der Waals surface area contributed by atoms with E-state index in [1.807, 2.05) is 0 Å². The van der Waals surface area contributed by atoms with Crippen LogP contribution < -0.4 is 0 Å². The monoisotopic (exact) mass is 410 g/mol. The maximum atomic E-state index is 12.9. The van der Waals surface area contributed by atoms with E-state index in [0.717, 1.165) is 32.1 Å². The van der Waals surface area contributed by atoms with Crippen molar-refractivity contribution in [1.29, 1.82) is 0 Å². The van der Waals surface area contributed by atoms with Crippen LogP contribution in [0.5, 0.6) is 0 Å². The van der Waals surface area contributed by atoms with Crippen LogP contribution in [0.4, 0.5) is 0 Å². The predicted octanol–water partition coefficient (Wildman–Crippen LogP) is 2.52. The second kappa shape index (κ2) is 7.33. The Balaban J connectivity index is 1.59. The first-order chi connectivity index (χ1) is 13.0. The minimum absolute atomic E-state index is 0.0432. The van der Waals surface area contributed by atoms with Gasteiger partial charge in [-0.15, -0.1) is 21.5 Å². The number of rotatable bonds is 4. The summed E-state index contributed by atoms with van der Waals surface area (Å²) >= 11 is 1.29. The van der Waals surface area contributed by atoms with Crippen LogP contribution in [0.1, 0.15) is 47.7 Å². The summed E-state index contributed by atoms with van der Waals surface area (Å²) in [6.07, 6.45) is 4.81. The molecule has 10 heteroatoms. The van der Waals surface area contributed by atoms with E-state index in [1.54, 1.807) is 22.2 Å². The van der Waals surface area contributed by atoms with Gasteiger partial charge in [0.1, 0.15) is 0 Å². The molecule has 0 atom stereocenters. The highest BCUT2D eigenvalue weighted by molar-refractivity contribution is 7.89. The number of aryl methyl sites for hydroxylation is 1. The Morgan fingerprint density at radius 2 is 1.74 bits per heavy atom. The van der Waals surface area contributed by atoms with Gasteiger partial charge in [0.15, 0.2) is 0 Å². The summed E-state index contributed by atoms with van der Waals surface area (Å²) < 4.78 is 33.0. The van der Waals surface area contributed by atoms with Crippen molar-refractivity contribution in [3.8, 4) is 10.8 Å². The molecule has 8 nitrogen and oxygen atoms in total. The molecule has 4 heterocycles. The normalized spacial score (nSPS) is 18.9. The Morgan fingerprint density at radius 1 is 1.07 bits per heavy atom. The number of hydrogen-bond acceptors (Lipinski definition) is 7. The van der Waals surface area contributed by atoms with Crippen molar-refractivity contribution in [2.24, 2.45) is 0 Å². The number of amides is 1. The minimum atomic E-state index is -3.52. The third-order valence-corrected chi connectivity index (χ3v) is 8.21.